The molecule has 3 aromatic rings. The number of hydrogen-bond acceptors (Lipinski definition) is 4. The van der Waals surface area contributed by atoms with Crippen molar-refractivity contribution in [1.82, 2.24) is 10.2 Å². The SMILES string of the molecule is CC[C@H](C(=O)NC)N(Cc1ccccc1C)C(=O)CN(c1ccc(C(C)C)cc1)S(=O)(=O)c1ccccc1. The number of nitrogens with one attached hydrogen (secondary N) is 1. The van der Waals surface area contributed by atoms with E-state index in [1.807, 2.05) is 50.2 Å². The number of aryl methyl sites for hydroxylation is 1. The van der Waals surface area contributed by atoms with Crippen LogP contribution in [-0.4, -0.2) is 44.8 Å². The summed E-state index contributed by atoms with van der Waals surface area (Å²) in [6.07, 6.45) is 0.381. The fraction of sp³-hybridized carbons (Fsp3) is 0.333. The fourth-order valence-electron chi connectivity index (χ4n) is 4.33. The van der Waals surface area contributed by atoms with Crippen LogP contribution < -0.4 is 9.62 Å². The summed E-state index contributed by atoms with van der Waals surface area (Å²) in [5, 5.41) is 2.64. The average molecular weight is 536 g/mol. The van der Waals surface area contributed by atoms with Gasteiger partial charge in [-0.2, -0.15) is 0 Å². The summed E-state index contributed by atoms with van der Waals surface area (Å²) in [7, 11) is -2.54. The van der Waals surface area contributed by atoms with E-state index in [2.05, 4.69) is 19.2 Å². The molecule has 0 bridgehead atoms. The van der Waals surface area contributed by atoms with Crippen LogP contribution in [0, 0.1) is 6.92 Å². The van der Waals surface area contributed by atoms with Gasteiger partial charge in [-0.15, -0.1) is 0 Å². The van der Waals surface area contributed by atoms with Crippen LogP contribution in [0.2, 0.25) is 0 Å². The molecule has 0 fully saturated rings. The third-order valence-electron chi connectivity index (χ3n) is 6.69. The lowest BCUT2D eigenvalue weighted by Gasteiger charge is -2.33. The highest BCUT2D eigenvalue weighted by Gasteiger charge is 2.33. The Hall–Kier alpha value is -3.65. The van der Waals surface area contributed by atoms with E-state index in [-0.39, 0.29) is 23.3 Å². The molecule has 0 aliphatic carbocycles. The van der Waals surface area contributed by atoms with Gasteiger partial charge in [0.05, 0.1) is 10.6 Å². The van der Waals surface area contributed by atoms with Crippen molar-refractivity contribution in [2.24, 2.45) is 0 Å². The zero-order valence-corrected chi connectivity index (χ0v) is 23.5. The predicted octanol–water partition coefficient (Wildman–Crippen LogP) is 4.87. The summed E-state index contributed by atoms with van der Waals surface area (Å²) >= 11 is 0. The number of carbonyl (C=O) groups is 2. The van der Waals surface area contributed by atoms with Crippen molar-refractivity contribution < 1.29 is 18.0 Å². The molecule has 1 N–H and O–H groups in total. The summed E-state index contributed by atoms with van der Waals surface area (Å²) in [4.78, 5) is 28.3. The van der Waals surface area contributed by atoms with Gasteiger partial charge in [0, 0.05) is 13.6 Å². The van der Waals surface area contributed by atoms with E-state index < -0.39 is 28.5 Å². The molecule has 202 valence electrons. The lowest BCUT2D eigenvalue weighted by Crippen LogP contribution is -2.51. The van der Waals surface area contributed by atoms with E-state index in [9.17, 15) is 18.0 Å². The first-order valence-electron chi connectivity index (χ1n) is 12.8. The minimum atomic E-state index is -4.07. The summed E-state index contributed by atoms with van der Waals surface area (Å²) in [5.41, 5.74) is 3.32. The smallest absolute Gasteiger partial charge is 0.264 e. The van der Waals surface area contributed by atoms with Gasteiger partial charge in [0.1, 0.15) is 12.6 Å². The molecule has 1 atom stereocenters. The van der Waals surface area contributed by atoms with E-state index >= 15 is 0 Å². The molecule has 3 aromatic carbocycles. The van der Waals surface area contributed by atoms with Gasteiger partial charge < -0.3 is 10.2 Å². The van der Waals surface area contributed by atoms with Gasteiger partial charge in [0.2, 0.25) is 11.8 Å². The topological polar surface area (TPSA) is 86.8 Å². The Morgan fingerprint density at radius 1 is 0.895 bits per heavy atom. The number of carbonyl (C=O) groups excluding carboxylic acids is 2. The number of hydrogen-bond donors (Lipinski definition) is 1. The number of amides is 2. The number of anilines is 1. The van der Waals surface area contributed by atoms with E-state index in [0.29, 0.717) is 12.1 Å². The highest BCUT2D eigenvalue weighted by molar-refractivity contribution is 7.92. The van der Waals surface area contributed by atoms with Crippen molar-refractivity contribution in [2.45, 2.75) is 57.5 Å². The monoisotopic (exact) mass is 535 g/mol. The van der Waals surface area contributed by atoms with Gasteiger partial charge in [-0.25, -0.2) is 8.42 Å². The molecule has 0 saturated heterocycles. The molecular formula is C30H37N3O4S. The molecule has 0 unspecified atom stereocenters. The molecule has 3 rings (SSSR count). The van der Waals surface area contributed by atoms with Crippen LogP contribution in [0.25, 0.3) is 0 Å². The Morgan fingerprint density at radius 3 is 2.05 bits per heavy atom. The van der Waals surface area contributed by atoms with Gasteiger partial charge in [-0.1, -0.05) is 75.4 Å². The number of likely N-dealkylation sites (N-methyl/N-ethyl adjacent to an activating group) is 1. The Kier molecular flexibility index (Phi) is 9.69. The van der Waals surface area contributed by atoms with Crippen molar-refractivity contribution in [3.05, 3.63) is 95.6 Å². The van der Waals surface area contributed by atoms with Crippen molar-refractivity contribution in [1.29, 1.82) is 0 Å². The zero-order chi connectivity index (χ0) is 27.9. The largest absolute Gasteiger partial charge is 0.357 e. The fourth-order valence-corrected chi connectivity index (χ4v) is 5.77. The van der Waals surface area contributed by atoms with Gasteiger partial charge >= 0.3 is 0 Å². The van der Waals surface area contributed by atoms with E-state index in [1.165, 1.54) is 24.1 Å². The van der Waals surface area contributed by atoms with Crippen LogP contribution in [0.1, 0.15) is 49.8 Å². The van der Waals surface area contributed by atoms with Crippen LogP contribution in [-0.2, 0) is 26.2 Å². The second kappa shape index (κ2) is 12.7. The molecule has 0 aliphatic heterocycles. The van der Waals surface area contributed by atoms with Gasteiger partial charge in [0.15, 0.2) is 0 Å². The number of benzene rings is 3. The summed E-state index contributed by atoms with van der Waals surface area (Å²) in [5.74, 6) is -0.489. The molecule has 0 radical (unpaired) electrons. The second-order valence-electron chi connectivity index (χ2n) is 9.56. The highest BCUT2D eigenvalue weighted by atomic mass is 32.2. The van der Waals surface area contributed by atoms with Crippen molar-refractivity contribution in [2.75, 3.05) is 17.9 Å². The zero-order valence-electron chi connectivity index (χ0n) is 22.7. The predicted molar refractivity (Wildman–Crippen MR) is 151 cm³/mol. The van der Waals surface area contributed by atoms with Gasteiger partial charge in [-0.3, -0.25) is 13.9 Å². The first-order valence-corrected chi connectivity index (χ1v) is 14.3. The molecule has 7 nitrogen and oxygen atoms in total. The molecule has 0 aliphatic rings. The van der Waals surface area contributed by atoms with Crippen molar-refractivity contribution in [3.8, 4) is 0 Å². The van der Waals surface area contributed by atoms with Crippen molar-refractivity contribution >= 4 is 27.5 Å². The number of rotatable bonds is 11. The lowest BCUT2D eigenvalue weighted by atomic mass is 10.0. The third kappa shape index (κ3) is 6.61. The maximum atomic E-state index is 14.0. The quantitative estimate of drug-likeness (QED) is 0.380. The maximum Gasteiger partial charge on any atom is 0.264 e. The van der Waals surface area contributed by atoms with E-state index in [0.717, 1.165) is 21.0 Å². The van der Waals surface area contributed by atoms with Crippen LogP contribution in [0.3, 0.4) is 0 Å². The minimum absolute atomic E-state index is 0.0875. The lowest BCUT2D eigenvalue weighted by molar-refractivity contribution is -0.140. The van der Waals surface area contributed by atoms with Crippen LogP contribution in [0.15, 0.2) is 83.8 Å². The molecule has 0 saturated carbocycles. The third-order valence-corrected chi connectivity index (χ3v) is 8.48. The average Bonchev–Trinajstić information content (AvgIpc) is 2.92. The van der Waals surface area contributed by atoms with Gasteiger partial charge in [-0.05, 0) is 60.2 Å². The van der Waals surface area contributed by atoms with E-state index in [4.69, 9.17) is 0 Å². The van der Waals surface area contributed by atoms with E-state index in [1.54, 1.807) is 30.3 Å². The Labute approximate surface area is 226 Å². The molecule has 38 heavy (non-hydrogen) atoms. The molecule has 8 heteroatoms. The van der Waals surface area contributed by atoms with Crippen molar-refractivity contribution in [3.63, 3.8) is 0 Å². The van der Waals surface area contributed by atoms with Gasteiger partial charge in [0.25, 0.3) is 10.0 Å². The molecule has 0 spiro atoms. The molecule has 2 amide bonds. The number of sulfonamides is 1. The normalized spacial score (nSPS) is 12.2. The minimum Gasteiger partial charge on any atom is -0.357 e. The van der Waals surface area contributed by atoms with Crippen LogP contribution >= 0.6 is 0 Å². The summed E-state index contributed by atoms with van der Waals surface area (Å²) < 4.78 is 28.8. The highest BCUT2D eigenvalue weighted by Crippen LogP contribution is 2.27. The Bertz CT molecular complexity index is 1340. The Balaban J connectivity index is 2.07. The van der Waals surface area contributed by atoms with Crippen LogP contribution in [0.5, 0.6) is 0 Å². The molecule has 0 heterocycles. The first kappa shape index (κ1) is 28.9. The number of nitrogens with zero attached hydrogens (tertiary/aromatic N) is 2. The summed E-state index contributed by atoms with van der Waals surface area (Å²) in [6, 6.07) is 22.2. The molecular weight excluding hydrogens is 498 g/mol. The molecule has 0 aromatic heterocycles. The Morgan fingerprint density at radius 2 is 1.50 bits per heavy atom. The maximum absolute atomic E-state index is 14.0. The first-order chi connectivity index (χ1) is 18.1. The summed E-state index contributed by atoms with van der Waals surface area (Å²) in [6.45, 7) is 7.64. The second-order valence-corrected chi connectivity index (χ2v) is 11.4. The van der Waals surface area contributed by atoms with Crippen LogP contribution in [0.4, 0.5) is 5.69 Å². The standard InChI is InChI=1S/C30H37N3O4S/c1-6-28(30(35)31-5)32(20-25-13-11-10-12-23(25)4)29(34)21-33(26-18-16-24(17-19-26)22(2)3)38(36,37)27-14-8-7-9-15-27/h7-19,22,28H,6,20-21H2,1-5H3,(H,31,35)/t28-/m1/s1.